The summed E-state index contributed by atoms with van der Waals surface area (Å²) < 4.78 is 56.2. The van der Waals surface area contributed by atoms with Gasteiger partial charge in [0.25, 0.3) is 0 Å². The lowest BCUT2D eigenvalue weighted by atomic mass is 10.1. The van der Waals surface area contributed by atoms with Crippen molar-refractivity contribution in [3.63, 3.8) is 0 Å². The zero-order chi connectivity index (χ0) is 18.2. The van der Waals surface area contributed by atoms with Crippen LogP contribution in [0.15, 0.2) is 54.6 Å². The zero-order valence-corrected chi connectivity index (χ0v) is 13.7. The van der Waals surface area contributed by atoms with Crippen LogP contribution in [0.2, 0.25) is 5.02 Å². The van der Waals surface area contributed by atoms with E-state index in [4.69, 9.17) is 11.6 Å². The van der Waals surface area contributed by atoms with Crippen LogP contribution in [0.5, 0.6) is 5.75 Å². The largest absolute Gasteiger partial charge is 0.573 e. The van der Waals surface area contributed by atoms with Crippen LogP contribution in [0.1, 0.15) is 5.69 Å². The number of benzene rings is 2. The summed E-state index contributed by atoms with van der Waals surface area (Å²) in [6.07, 6.45) is -4.74. The predicted octanol–water partition coefficient (Wildman–Crippen LogP) is 6.14. The quantitative estimate of drug-likeness (QED) is 0.505. The average molecular weight is 370 g/mol. The fourth-order valence-corrected chi connectivity index (χ4v) is 2.68. The summed E-state index contributed by atoms with van der Waals surface area (Å²) >= 11 is 5.71. The molecular weight excluding hydrogens is 358 g/mol. The highest BCUT2D eigenvalue weighted by Crippen LogP contribution is 2.30. The van der Waals surface area contributed by atoms with Gasteiger partial charge in [0.05, 0.1) is 10.7 Å². The molecule has 130 valence electrons. The minimum atomic E-state index is -4.74. The second-order valence-corrected chi connectivity index (χ2v) is 5.77. The van der Waals surface area contributed by atoms with Crippen molar-refractivity contribution in [2.75, 3.05) is 0 Å². The number of alkyl halides is 3. The SMILES string of the molecule is Cc1ccc(-c2ccc(Cl)c(F)c2)n1-c1ccc(OC(F)(F)F)cc1. The molecule has 2 aromatic carbocycles. The van der Waals surface area contributed by atoms with Gasteiger partial charge in [-0.15, -0.1) is 13.2 Å². The molecule has 0 N–H and O–H groups in total. The number of hydrogen-bond acceptors (Lipinski definition) is 1. The first kappa shape index (κ1) is 17.4. The molecule has 1 aromatic heterocycles. The van der Waals surface area contributed by atoms with Gasteiger partial charge in [0.1, 0.15) is 11.6 Å². The van der Waals surface area contributed by atoms with E-state index in [1.807, 2.05) is 13.0 Å². The van der Waals surface area contributed by atoms with E-state index in [1.54, 1.807) is 16.7 Å². The smallest absolute Gasteiger partial charge is 0.406 e. The summed E-state index contributed by atoms with van der Waals surface area (Å²) in [6, 6.07) is 13.6. The molecule has 0 saturated heterocycles. The van der Waals surface area contributed by atoms with Crippen LogP contribution in [0.4, 0.5) is 17.6 Å². The Hall–Kier alpha value is -2.47. The van der Waals surface area contributed by atoms with Gasteiger partial charge < -0.3 is 9.30 Å². The zero-order valence-electron chi connectivity index (χ0n) is 12.9. The van der Waals surface area contributed by atoms with E-state index in [0.29, 0.717) is 16.9 Å². The lowest BCUT2D eigenvalue weighted by Crippen LogP contribution is -2.17. The minimum Gasteiger partial charge on any atom is -0.406 e. The summed E-state index contributed by atoms with van der Waals surface area (Å²) in [7, 11) is 0. The Labute approximate surface area is 146 Å². The third-order valence-electron chi connectivity index (χ3n) is 3.62. The van der Waals surface area contributed by atoms with Crippen molar-refractivity contribution >= 4 is 11.6 Å². The number of aromatic nitrogens is 1. The number of rotatable bonds is 3. The lowest BCUT2D eigenvalue weighted by molar-refractivity contribution is -0.274. The second kappa shape index (κ2) is 6.44. The first-order valence-corrected chi connectivity index (χ1v) is 7.62. The molecule has 0 saturated carbocycles. The molecule has 25 heavy (non-hydrogen) atoms. The molecule has 0 bridgehead atoms. The normalized spacial score (nSPS) is 11.6. The Kier molecular flexibility index (Phi) is 4.47. The van der Waals surface area contributed by atoms with E-state index >= 15 is 0 Å². The Morgan fingerprint density at radius 1 is 0.960 bits per heavy atom. The maximum atomic E-state index is 13.8. The van der Waals surface area contributed by atoms with Crippen LogP contribution in [0.3, 0.4) is 0 Å². The number of halogens is 5. The van der Waals surface area contributed by atoms with E-state index in [-0.39, 0.29) is 10.8 Å². The van der Waals surface area contributed by atoms with Crippen molar-refractivity contribution in [2.45, 2.75) is 13.3 Å². The van der Waals surface area contributed by atoms with Crippen LogP contribution in [0.25, 0.3) is 16.9 Å². The minimum absolute atomic E-state index is 0.0206. The van der Waals surface area contributed by atoms with Gasteiger partial charge in [0.2, 0.25) is 0 Å². The van der Waals surface area contributed by atoms with E-state index in [2.05, 4.69) is 4.74 Å². The van der Waals surface area contributed by atoms with Gasteiger partial charge in [-0.3, -0.25) is 0 Å². The first-order valence-electron chi connectivity index (χ1n) is 7.24. The van der Waals surface area contributed by atoms with Gasteiger partial charge in [-0.1, -0.05) is 17.7 Å². The molecule has 0 aliphatic rings. The topological polar surface area (TPSA) is 14.2 Å². The maximum absolute atomic E-state index is 13.8. The molecule has 0 atom stereocenters. The van der Waals surface area contributed by atoms with Crippen molar-refractivity contribution in [3.05, 3.63) is 71.1 Å². The Morgan fingerprint density at radius 2 is 1.64 bits per heavy atom. The van der Waals surface area contributed by atoms with Crippen LogP contribution in [-0.4, -0.2) is 10.9 Å². The molecule has 2 nitrogen and oxygen atoms in total. The molecule has 3 rings (SSSR count). The summed E-state index contributed by atoms with van der Waals surface area (Å²) in [5.41, 5.74) is 2.76. The van der Waals surface area contributed by atoms with Crippen LogP contribution in [-0.2, 0) is 0 Å². The highest BCUT2D eigenvalue weighted by molar-refractivity contribution is 6.30. The van der Waals surface area contributed by atoms with Crippen molar-refractivity contribution in [1.29, 1.82) is 0 Å². The Morgan fingerprint density at radius 3 is 2.24 bits per heavy atom. The molecular formula is C18H12ClF4NO. The number of aryl methyl sites for hydroxylation is 1. The van der Waals surface area contributed by atoms with E-state index in [0.717, 1.165) is 5.69 Å². The van der Waals surface area contributed by atoms with E-state index < -0.39 is 12.2 Å². The highest BCUT2D eigenvalue weighted by Gasteiger charge is 2.31. The first-order chi connectivity index (χ1) is 11.7. The fraction of sp³-hybridized carbons (Fsp3) is 0.111. The highest BCUT2D eigenvalue weighted by atomic mass is 35.5. The summed E-state index contributed by atoms with van der Waals surface area (Å²) in [4.78, 5) is 0. The van der Waals surface area contributed by atoms with Crippen molar-refractivity contribution in [3.8, 4) is 22.7 Å². The molecule has 0 aliphatic carbocycles. The number of hydrogen-bond donors (Lipinski definition) is 0. The van der Waals surface area contributed by atoms with Crippen LogP contribution < -0.4 is 4.74 Å². The molecule has 0 radical (unpaired) electrons. The predicted molar refractivity (Wildman–Crippen MR) is 87.6 cm³/mol. The van der Waals surface area contributed by atoms with Gasteiger partial charge in [-0.2, -0.15) is 0 Å². The molecule has 0 unspecified atom stereocenters. The van der Waals surface area contributed by atoms with Crippen LogP contribution in [0, 0.1) is 12.7 Å². The number of ether oxygens (including phenoxy) is 1. The molecule has 1 heterocycles. The molecule has 0 spiro atoms. The number of nitrogens with zero attached hydrogens (tertiary/aromatic N) is 1. The van der Waals surface area contributed by atoms with E-state index in [9.17, 15) is 17.6 Å². The van der Waals surface area contributed by atoms with Crippen LogP contribution >= 0.6 is 11.6 Å². The van der Waals surface area contributed by atoms with Gasteiger partial charge in [0, 0.05) is 16.9 Å². The average Bonchev–Trinajstić information content (AvgIpc) is 2.91. The monoisotopic (exact) mass is 369 g/mol. The lowest BCUT2D eigenvalue weighted by Gasteiger charge is -2.14. The van der Waals surface area contributed by atoms with Gasteiger partial charge in [-0.25, -0.2) is 4.39 Å². The van der Waals surface area contributed by atoms with Gasteiger partial charge in [-0.05, 0) is 55.5 Å². The summed E-state index contributed by atoms with van der Waals surface area (Å²) in [5, 5.41) is 0.0206. The van der Waals surface area contributed by atoms with Crippen molar-refractivity contribution < 1.29 is 22.3 Å². The van der Waals surface area contributed by atoms with Gasteiger partial charge >= 0.3 is 6.36 Å². The Bertz CT molecular complexity index is 900. The van der Waals surface area contributed by atoms with E-state index in [1.165, 1.54) is 36.4 Å². The standard InChI is InChI=1S/C18H12ClF4NO/c1-11-2-9-17(12-3-8-15(19)16(20)10-12)24(11)13-4-6-14(7-5-13)25-18(21,22)23/h2-10H,1H3. The summed E-state index contributed by atoms with van der Waals surface area (Å²) in [5.74, 6) is -0.848. The Balaban J connectivity index is 2.00. The molecule has 0 fully saturated rings. The third kappa shape index (κ3) is 3.79. The molecule has 0 amide bonds. The van der Waals surface area contributed by atoms with Gasteiger partial charge in [0.15, 0.2) is 0 Å². The summed E-state index contributed by atoms with van der Waals surface area (Å²) in [6.45, 7) is 1.84. The molecule has 7 heteroatoms. The second-order valence-electron chi connectivity index (χ2n) is 5.37. The van der Waals surface area contributed by atoms with Crippen molar-refractivity contribution in [1.82, 2.24) is 4.57 Å². The maximum Gasteiger partial charge on any atom is 0.573 e. The molecule has 0 aliphatic heterocycles. The fourth-order valence-electron chi connectivity index (χ4n) is 2.56. The van der Waals surface area contributed by atoms with Crippen molar-refractivity contribution in [2.24, 2.45) is 0 Å². The molecule has 3 aromatic rings. The third-order valence-corrected chi connectivity index (χ3v) is 3.93.